The largest absolute Gasteiger partial charge is 0.479 e. The standard InChI is InChI=1S/C24H33NO6/c1-4-11-28-22(24(26)27)15-30-20-10-6-9-19(13-20)29-14-21-17(3)31-23(25-21)18-8-5-7-16(2)12-18/h5,7-8,12,19-20,22H,4,6,9-11,13-15H2,1-3H3,(H,26,27)/t19-,20+,22?/m0/s1. The minimum Gasteiger partial charge on any atom is -0.479 e. The van der Waals surface area contributed by atoms with Crippen molar-refractivity contribution in [1.82, 2.24) is 4.98 Å². The molecule has 1 fully saturated rings. The van der Waals surface area contributed by atoms with Crippen molar-refractivity contribution in [2.75, 3.05) is 13.2 Å². The quantitative estimate of drug-likeness (QED) is 0.552. The van der Waals surface area contributed by atoms with Crippen molar-refractivity contribution in [3.8, 4) is 11.5 Å². The van der Waals surface area contributed by atoms with E-state index in [9.17, 15) is 9.90 Å². The number of hydrogen-bond donors (Lipinski definition) is 1. The molecular weight excluding hydrogens is 398 g/mol. The van der Waals surface area contributed by atoms with E-state index in [2.05, 4.69) is 4.98 Å². The third-order valence-electron chi connectivity index (χ3n) is 5.47. The Morgan fingerprint density at radius 3 is 2.74 bits per heavy atom. The molecule has 7 heteroatoms. The molecule has 1 unspecified atom stereocenters. The molecule has 0 amide bonds. The molecule has 0 bridgehead atoms. The van der Waals surface area contributed by atoms with E-state index in [1.807, 2.05) is 45.0 Å². The summed E-state index contributed by atoms with van der Waals surface area (Å²) in [6, 6.07) is 8.07. The first kappa shape index (κ1) is 23.4. The molecule has 1 aromatic carbocycles. The van der Waals surface area contributed by atoms with Gasteiger partial charge in [-0.3, -0.25) is 0 Å². The van der Waals surface area contributed by atoms with Crippen molar-refractivity contribution < 1.29 is 28.5 Å². The van der Waals surface area contributed by atoms with Gasteiger partial charge in [0.25, 0.3) is 0 Å². The fourth-order valence-electron chi connectivity index (χ4n) is 3.74. The molecule has 31 heavy (non-hydrogen) atoms. The Kier molecular flexibility index (Phi) is 8.63. The van der Waals surface area contributed by atoms with Crippen LogP contribution in [0, 0.1) is 13.8 Å². The van der Waals surface area contributed by atoms with Gasteiger partial charge in [-0.05, 0) is 58.1 Å². The van der Waals surface area contributed by atoms with Crippen LogP contribution in [0.5, 0.6) is 0 Å². The zero-order chi connectivity index (χ0) is 22.2. The summed E-state index contributed by atoms with van der Waals surface area (Å²) in [5.74, 6) is 0.386. The second-order valence-corrected chi connectivity index (χ2v) is 8.14. The van der Waals surface area contributed by atoms with Crippen molar-refractivity contribution in [2.45, 2.75) is 77.8 Å². The summed E-state index contributed by atoms with van der Waals surface area (Å²) in [7, 11) is 0. The number of nitrogens with zero attached hydrogens (tertiary/aromatic N) is 1. The molecule has 0 spiro atoms. The maximum Gasteiger partial charge on any atom is 0.335 e. The van der Waals surface area contributed by atoms with Gasteiger partial charge in [0.15, 0.2) is 6.10 Å². The van der Waals surface area contributed by atoms with Crippen LogP contribution < -0.4 is 0 Å². The Morgan fingerprint density at radius 2 is 2.03 bits per heavy atom. The Balaban J connectivity index is 1.50. The summed E-state index contributed by atoms with van der Waals surface area (Å²) in [6.45, 7) is 6.76. The molecule has 7 nitrogen and oxygen atoms in total. The van der Waals surface area contributed by atoms with E-state index in [1.165, 1.54) is 0 Å². The average molecular weight is 432 g/mol. The van der Waals surface area contributed by atoms with Gasteiger partial charge in [-0.1, -0.05) is 24.6 Å². The fourth-order valence-corrected chi connectivity index (χ4v) is 3.74. The molecule has 1 aliphatic rings. The number of hydrogen-bond acceptors (Lipinski definition) is 6. The molecule has 1 saturated carbocycles. The number of rotatable bonds is 11. The first-order valence-corrected chi connectivity index (χ1v) is 11.1. The summed E-state index contributed by atoms with van der Waals surface area (Å²) < 4.78 is 23.2. The number of carboxylic acid groups (broad SMARTS) is 1. The van der Waals surface area contributed by atoms with Crippen LogP contribution >= 0.6 is 0 Å². The van der Waals surface area contributed by atoms with Crippen molar-refractivity contribution in [2.24, 2.45) is 0 Å². The van der Waals surface area contributed by atoms with Crippen LogP contribution in [0.3, 0.4) is 0 Å². The lowest BCUT2D eigenvalue weighted by molar-refractivity contribution is -0.157. The van der Waals surface area contributed by atoms with Crippen LogP contribution in [-0.2, 0) is 25.6 Å². The number of oxazole rings is 1. The number of aromatic nitrogens is 1. The molecule has 1 N–H and O–H groups in total. The molecule has 3 rings (SSSR count). The van der Waals surface area contributed by atoms with Gasteiger partial charge in [0.1, 0.15) is 11.5 Å². The second-order valence-electron chi connectivity index (χ2n) is 8.14. The molecule has 0 radical (unpaired) electrons. The van der Waals surface area contributed by atoms with Crippen LogP contribution in [0.2, 0.25) is 0 Å². The third kappa shape index (κ3) is 6.89. The van der Waals surface area contributed by atoms with Crippen LogP contribution in [-0.4, -0.2) is 47.6 Å². The molecule has 170 valence electrons. The maximum absolute atomic E-state index is 11.3. The highest BCUT2D eigenvalue weighted by atomic mass is 16.6. The van der Waals surface area contributed by atoms with E-state index in [1.54, 1.807) is 0 Å². The van der Waals surface area contributed by atoms with E-state index in [0.717, 1.165) is 54.7 Å². The van der Waals surface area contributed by atoms with Gasteiger partial charge in [0, 0.05) is 12.2 Å². The van der Waals surface area contributed by atoms with E-state index < -0.39 is 12.1 Å². The zero-order valence-corrected chi connectivity index (χ0v) is 18.6. The van der Waals surface area contributed by atoms with Crippen LogP contribution in [0.4, 0.5) is 0 Å². The Hall–Kier alpha value is -2.22. The summed E-state index contributed by atoms with van der Waals surface area (Å²) in [4.78, 5) is 15.9. The second kappa shape index (κ2) is 11.4. The van der Waals surface area contributed by atoms with E-state index in [-0.39, 0.29) is 18.8 Å². The Morgan fingerprint density at radius 1 is 1.26 bits per heavy atom. The Bertz CT molecular complexity index is 848. The Labute approximate surface area is 183 Å². The van der Waals surface area contributed by atoms with Gasteiger partial charge in [-0.25, -0.2) is 9.78 Å². The average Bonchev–Trinajstić information content (AvgIpc) is 3.13. The molecule has 1 aliphatic carbocycles. The van der Waals surface area contributed by atoms with Gasteiger partial charge in [-0.15, -0.1) is 0 Å². The summed E-state index contributed by atoms with van der Waals surface area (Å²) in [5.41, 5.74) is 2.92. The normalized spacial score (nSPS) is 20.0. The molecule has 0 saturated heterocycles. The molecular formula is C24H33NO6. The van der Waals surface area contributed by atoms with Crippen molar-refractivity contribution in [1.29, 1.82) is 0 Å². The van der Waals surface area contributed by atoms with Gasteiger partial charge >= 0.3 is 5.97 Å². The van der Waals surface area contributed by atoms with Crippen LogP contribution in [0.15, 0.2) is 28.7 Å². The number of aryl methyl sites for hydroxylation is 2. The SMILES string of the molecule is CCCOC(CO[C@@H]1CCC[C@H](OCc2nc(-c3cccc(C)c3)oc2C)C1)C(=O)O. The predicted octanol–water partition coefficient (Wildman–Crippen LogP) is 4.68. The molecule has 1 aromatic heterocycles. The first-order valence-electron chi connectivity index (χ1n) is 11.1. The minimum absolute atomic E-state index is 0.0212. The number of carbonyl (C=O) groups is 1. The first-order chi connectivity index (χ1) is 15.0. The van der Waals surface area contributed by atoms with Gasteiger partial charge in [0.2, 0.25) is 5.89 Å². The highest BCUT2D eigenvalue weighted by molar-refractivity contribution is 5.72. The minimum atomic E-state index is -0.983. The monoisotopic (exact) mass is 431 g/mol. The summed E-state index contributed by atoms with van der Waals surface area (Å²) >= 11 is 0. The number of ether oxygens (including phenoxy) is 3. The lowest BCUT2D eigenvalue weighted by Gasteiger charge is -2.29. The van der Waals surface area contributed by atoms with Crippen LogP contribution in [0.1, 0.15) is 56.0 Å². The van der Waals surface area contributed by atoms with Crippen LogP contribution in [0.25, 0.3) is 11.5 Å². The lowest BCUT2D eigenvalue weighted by atomic mass is 9.95. The number of aliphatic carboxylic acids is 1. The summed E-state index contributed by atoms with van der Waals surface area (Å²) in [5, 5.41) is 9.27. The fraction of sp³-hybridized carbons (Fsp3) is 0.583. The van der Waals surface area contributed by atoms with Crippen molar-refractivity contribution in [3.05, 3.63) is 41.3 Å². The smallest absolute Gasteiger partial charge is 0.335 e. The predicted molar refractivity (Wildman–Crippen MR) is 116 cm³/mol. The van der Waals surface area contributed by atoms with Gasteiger partial charge < -0.3 is 23.7 Å². The van der Waals surface area contributed by atoms with Crippen molar-refractivity contribution >= 4 is 5.97 Å². The summed E-state index contributed by atoms with van der Waals surface area (Å²) in [6.07, 6.45) is 3.47. The van der Waals surface area contributed by atoms with Gasteiger partial charge in [0.05, 0.1) is 25.4 Å². The van der Waals surface area contributed by atoms with Gasteiger partial charge in [-0.2, -0.15) is 0 Å². The lowest BCUT2D eigenvalue weighted by Crippen LogP contribution is -2.34. The molecule has 2 aromatic rings. The van der Waals surface area contributed by atoms with E-state index in [0.29, 0.717) is 19.1 Å². The highest BCUT2D eigenvalue weighted by Crippen LogP contribution is 2.27. The zero-order valence-electron chi connectivity index (χ0n) is 18.6. The third-order valence-corrected chi connectivity index (χ3v) is 5.47. The number of benzene rings is 1. The topological polar surface area (TPSA) is 91.0 Å². The number of carboxylic acids is 1. The molecule has 0 aliphatic heterocycles. The van der Waals surface area contributed by atoms with Crippen molar-refractivity contribution in [3.63, 3.8) is 0 Å². The molecule has 3 atom stereocenters. The highest BCUT2D eigenvalue weighted by Gasteiger charge is 2.26. The van der Waals surface area contributed by atoms with E-state index >= 15 is 0 Å². The maximum atomic E-state index is 11.3. The van der Waals surface area contributed by atoms with E-state index in [4.69, 9.17) is 18.6 Å². The molecule has 1 heterocycles.